The summed E-state index contributed by atoms with van der Waals surface area (Å²) in [7, 11) is 1.85. The highest BCUT2D eigenvalue weighted by Crippen LogP contribution is 2.25. The van der Waals surface area contributed by atoms with Crippen LogP contribution in [0.2, 0.25) is 0 Å². The van der Waals surface area contributed by atoms with Crippen LogP contribution in [0.3, 0.4) is 0 Å². The van der Waals surface area contributed by atoms with Crippen LogP contribution >= 0.6 is 0 Å². The Hall–Kier alpha value is -2.42. The summed E-state index contributed by atoms with van der Waals surface area (Å²) in [4.78, 5) is 26.1. The normalized spacial score (nSPS) is 18.8. The Bertz CT molecular complexity index is 821. The average molecular weight is 387 g/mol. The quantitative estimate of drug-likeness (QED) is 0.706. The number of fused-ring (bicyclic) bond motifs is 1. The summed E-state index contributed by atoms with van der Waals surface area (Å²) in [6.45, 7) is 5.80. The first-order chi connectivity index (χ1) is 13.6. The molecule has 2 aromatic heterocycles. The number of nitrogens with zero attached hydrogens (tertiary/aromatic N) is 6. The van der Waals surface area contributed by atoms with Crippen LogP contribution in [-0.4, -0.2) is 69.8 Å². The van der Waals surface area contributed by atoms with E-state index in [1.165, 1.54) is 25.9 Å². The molecule has 1 amide bonds. The summed E-state index contributed by atoms with van der Waals surface area (Å²) < 4.78 is 1.71. The zero-order valence-corrected chi connectivity index (χ0v) is 16.6. The fourth-order valence-corrected chi connectivity index (χ4v) is 4.18. The topological polar surface area (TPSA) is 105 Å². The average Bonchev–Trinajstić information content (AvgIpc) is 3.36. The SMILES string of the molecule is Cn1ncc2c(N)nc(N3CCC(C(=O)NCCCN4CCCC4)CC3)nc21. The van der Waals surface area contributed by atoms with Gasteiger partial charge in [0.2, 0.25) is 11.9 Å². The second-order valence-electron chi connectivity index (χ2n) is 7.87. The molecule has 2 aliphatic heterocycles. The van der Waals surface area contributed by atoms with Crippen molar-refractivity contribution in [1.82, 2.24) is 30.0 Å². The molecule has 0 unspecified atom stereocenters. The smallest absolute Gasteiger partial charge is 0.229 e. The van der Waals surface area contributed by atoms with E-state index in [-0.39, 0.29) is 11.8 Å². The number of aryl methyl sites for hydroxylation is 1. The largest absolute Gasteiger partial charge is 0.383 e. The van der Waals surface area contributed by atoms with Gasteiger partial charge in [0.25, 0.3) is 0 Å². The minimum atomic E-state index is 0.0702. The molecule has 4 rings (SSSR count). The van der Waals surface area contributed by atoms with Crippen molar-refractivity contribution in [3.05, 3.63) is 6.20 Å². The van der Waals surface area contributed by atoms with Crippen molar-refractivity contribution >= 4 is 28.7 Å². The Labute approximate surface area is 165 Å². The van der Waals surface area contributed by atoms with E-state index in [9.17, 15) is 4.79 Å². The van der Waals surface area contributed by atoms with Crippen molar-refractivity contribution in [2.45, 2.75) is 32.1 Å². The molecule has 0 bridgehead atoms. The molecule has 2 fully saturated rings. The van der Waals surface area contributed by atoms with E-state index >= 15 is 0 Å². The molecule has 9 nitrogen and oxygen atoms in total. The Balaban J connectivity index is 1.26. The molecule has 3 N–H and O–H groups in total. The van der Waals surface area contributed by atoms with Crippen molar-refractivity contribution in [3.8, 4) is 0 Å². The number of nitrogens with two attached hydrogens (primary N) is 1. The van der Waals surface area contributed by atoms with Crippen molar-refractivity contribution in [3.63, 3.8) is 0 Å². The van der Waals surface area contributed by atoms with E-state index in [4.69, 9.17) is 5.73 Å². The van der Waals surface area contributed by atoms with Gasteiger partial charge >= 0.3 is 0 Å². The second-order valence-corrected chi connectivity index (χ2v) is 7.87. The molecule has 0 atom stereocenters. The summed E-state index contributed by atoms with van der Waals surface area (Å²) in [5, 5.41) is 8.09. The molecule has 0 radical (unpaired) electrons. The number of likely N-dealkylation sites (tertiary alicyclic amines) is 1. The molecular formula is C19H30N8O. The number of rotatable bonds is 6. The molecule has 0 saturated carbocycles. The number of hydrogen-bond acceptors (Lipinski definition) is 7. The summed E-state index contributed by atoms with van der Waals surface area (Å²) in [6.07, 6.45) is 6.97. The number of piperidine rings is 1. The number of aromatic nitrogens is 4. The Kier molecular flexibility index (Phi) is 5.61. The van der Waals surface area contributed by atoms with Gasteiger partial charge in [-0.15, -0.1) is 0 Å². The molecular weight excluding hydrogens is 356 g/mol. The third kappa shape index (κ3) is 4.04. The van der Waals surface area contributed by atoms with Crippen LogP contribution in [0.1, 0.15) is 32.1 Å². The molecule has 2 saturated heterocycles. The van der Waals surface area contributed by atoms with Crippen molar-refractivity contribution in [2.75, 3.05) is 49.9 Å². The lowest BCUT2D eigenvalue weighted by Gasteiger charge is -2.31. The number of nitrogens with one attached hydrogen (secondary N) is 1. The summed E-state index contributed by atoms with van der Waals surface area (Å²) in [5.41, 5.74) is 6.80. The predicted octanol–water partition coefficient (Wildman–Crippen LogP) is 0.764. The molecule has 0 aliphatic carbocycles. The van der Waals surface area contributed by atoms with Crippen LogP contribution in [0.15, 0.2) is 6.20 Å². The number of nitrogen functional groups attached to an aromatic ring is 1. The van der Waals surface area contributed by atoms with Crippen molar-refractivity contribution < 1.29 is 4.79 Å². The standard InChI is InChI=1S/C19H30N8O/c1-25-17-15(13-22-25)16(20)23-19(24-17)27-11-5-14(6-12-27)18(28)21-7-4-10-26-8-2-3-9-26/h13-14H,2-12H2,1H3,(H,21,28)(H2,20,23,24). The van der Waals surface area contributed by atoms with Crippen molar-refractivity contribution in [1.29, 1.82) is 0 Å². The van der Waals surface area contributed by atoms with Gasteiger partial charge in [0.1, 0.15) is 5.82 Å². The molecule has 28 heavy (non-hydrogen) atoms. The van der Waals surface area contributed by atoms with Crippen LogP contribution in [0.25, 0.3) is 11.0 Å². The number of amides is 1. The third-order valence-corrected chi connectivity index (χ3v) is 5.91. The first-order valence-corrected chi connectivity index (χ1v) is 10.3. The van der Waals surface area contributed by atoms with Gasteiger partial charge in [0.15, 0.2) is 5.65 Å². The molecule has 4 heterocycles. The number of hydrogen-bond donors (Lipinski definition) is 2. The molecule has 0 spiro atoms. The Morgan fingerprint density at radius 3 is 2.71 bits per heavy atom. The van der Waals surface area contributed by atoms with Gasteiger partial charge in [0.05, 0.1) is 11.6 Å². The Morgan fingerprint density at radius 1 is 1.21 bits per heavy atom. The highest BCUT2D eigenvalue weighted by molar-refractivity contribution is 5.86. The summed E-state index contributed by atoms with van der Waals surface area (Å²) >= 11 is 0. The number of carbonyl (C=O) groups excluding carboxylic acids is 1. The van der Waals surface area contributed by atoms with Gasteiger partial charge < -0.3 is 20.9 Å². The molecule has 9 heteroatoms. The lowest BCUT2D eigenvalue weighted by molar-refractivity contribution is -0.125. The molecule has 2 aromatic rings. The maximum Gasteiger partial charge on any atom is 0.229 e. The fourth-order valence-electron chi connectivity index (χ4n) is 4.18. The van der Waals surface area contributed by atoms with Crippen LogP contribution in [-0.2, 0) is 11.8 Å². The van der Waals surface area contributed by atoms with E-state index < -0.39 is 0 Å². The molecule has 0 aromatic carbocycles. The maximum atomic E-state index is 12.5. The molecule has 152 valence electrons. The second kappa shape index (κ2) is 8.30. The first-order valence-electron chi connectivity index (χ1n) is 10.3. The van der Waals surface area contributed by atoms with E-state index in [0.29, 0.717) is 11.8 Å². The van der Waals surface area contributed by atoms with Gasteiger partial charge in [-0.25, -0.2) is 0 Å². The summed E-state index contributed by atoms with van der Waals surface area (Å²) in [6, 6.07) is 0. The van der Waals surface area contributed by atoms with Crippen LogP contribution in [0.5, 0.6) is 0 Å². The van der Waals surface area contributed by atoms with Gasteiger partial charge in [-0.3, -0.25) is 9.48 Å². The number of anilines is 2. The van der Waals surface area contributed by atoms with Crippen LogP contribution in [0.4, 0.5) is 11.8 Å². The van der Waals surface area contributed by atoms with E-state index in [2.05, 4.69) is 30.2 Å². The van der Waals surface area contributed by atoms with Gasteiger partial charge in [0, 0.05) is 32.6 Å². The van der Waals surface area contributed by atoms with Crippen molar-refractivity contribution in [2.24, 2.45) is 13.0 Å². The van der Waals surface area contributed by atoms with Gasteiger partial charge in [-0.2, -0.15) is 15.1 Å². The third-order valence-electron chi connectivity index (χ3n) is 5.91. The minimum absolute atomic E-state index is 0.0702. The van der Waals surface area contributed by atoms with E-state index in [0.717, 1.165) is 56.5 Å². The highest BCUT2D eigenvalue weighted by Gasteiger charge is 2.26. The zero-order chi connectivity index (χ0) is 19.5. The van der Waals surface area contributed by atoms with Gasteiger partial charge in [-0.05, 0) is 51.7 Å². The predicted molar refractivity (Wildman–Crippen MR) is 109 cm³/mol. The van der Waals surface area contributed by atoms with Crippen LogP contribution < -0.4 is 16.0 Å². The monoisotopic (exact) mass is 386 g/mol. The summed E-state index contributed by atoms with van der Waals surface area (Å²) in [5.74, 6) is 1.33. The zero-order valence-electron chi connectivity index (χ0n) is 16.6. The van der Waals surface area contributed by atoms with Crippen LogP contribution in [0, 0.1) is 5.92 Å². The van der Waals surface area contributed by atoms with E-state index in [1.807, 2.05) is 7.05 Å². The first kappa shape index (κ1) is 18.9. The Morgan fingerprint density at radius 2 is 1.96 bits per heavy atom. The maximum absolute atomic E-state index is 12.5. The van der Waals surface area contributed by atoms with E-state index in [1.54, 1.807) is 10.9 Å². The lowest BCUT2D eigenvalue weighted by Crippen LogP contribution is -2.41. The number of carbonyl (C=O) groups is 1. The fraction of sp³-hybridized carbons (Fsp3) is 0.684. The lowest BCUT2D eigenvalue weighted by atomic mass is 9.96. The molecule has 2 aliphatic rings. The minimum Gasteiger partial charge on any atom is -0.383 e. The van der Waals surface area contributed by atoms with Gasteiger partial charge in [-0.1, -0.05) is 0 Å². The highest BCUT2D eigenvalue weighted by atomic mass is 16.1.